The Hall–Kier alpha value is -2.13. The molecule has 0 spiro atoms. The Balaban J connectivity index is 2.14. The normalized spacial score (nSPS) is 28.6. The largest absolute Gasteiger partial charge is 0.504 e. The summed E-state index contributed by atoms with van der Waals surface area (Å²) in [7, 11) is 0. The highest BCUT2D eigenvalue weighted by atomic mass is 16.7. The maximum absolute atomic E-state index is 11.0. The van der Waals surface area contributed by atoms with E-state index in [1.165, 1.54) is 25.1 Å². The van der Waals surface area contributed by atoms with Crippen LogP contribution in [0.5, 0.6) is 11.5 Å². The van der Waals surface area contributed by atoms with E-state index in [0.717, 1.165) is 0 Å². The van der Waals surface area contributed by atoms with Crippen molar-refractivity contribution in [3.8, 4) is 11.5 Å². The van der Waals surface area contributed by atoms with Crippen LogP contribution in [-0.4, -0.2) is 57.0 Å². The quantitative estimate of drug-likeness (QED) is 0.455. The first-order valence-electron chi connectivity index (χ1n) is 7.38. The number of aromatic hydroxyl groups is 1. The second kappa shape index (κ2) is 7.18. The highest BCUT2D eigenvalue weighted by molar-refractivity contribution is 5.96. The van der Waals surface area contributed by atoms with E-state index in [9.17, 15) is 25.2 Å². The molecule has 1 fully saturated rings. The van der Waals surface area contributed by atoms with Crippen LogP contribution in [0.2, 0.25) is 0 Å². The van der Waals surface area contributed by atoms with Gasteiger partial charge >= 0.3 is 0 Å². The van der Waals surface area contributed by atoms with E-state index in [-0.39, 0.29) is 11.5 Å². The van der Waals surface area contributed by atoms with Crippen LogP contribution in [0.25, 0.3) is 6.08 Å². The molecule has 1 aliphatic rings. The monoisotopic (exact) mass is 339 g/mol. The number of aliphatic hydroxyl groups excluding tert-OH is 3. The molecule has 2 rings (SSSR count). The predicted octanol–water partition coefficient (Wildman–Crippen LogP) is -0.513. The molecule has 0 radical (unpaired) electrons. The number of carbonyl (C=O) groups is 1. The van der Waals surface area contributed by atoms with Gasteiger partial charge in [0, 0.05) is 5.57 Å². The highest BCUT2D eigenvalue weighted by Gasteiger charge is 2.46. The van der Waals surface area contributed by atoms with Gasteiger partial charge in [0.15, 0.2) is 11.5 Å². The lowest BCUT2D eigenvalue weighted by Crippen LogP contribution is -2.38. The van der Waals surface area contributed by atoms with Gasteiger partial charge in [-0.1, -0.05) is 6.07 Å². The Kier molecular flexibility index (Phi) is 5.45. The lowest BCUT2D eigenvalue weighted by atomic mass is 10.1. The smallest absolute Gasteiger partial charge is 0.244 e. The molecule has 1 amide bonds. The molecule has 0 unspecified atom stereocenters. The van der Waals surface area contributed by atoms with Crippen molar-refractivity contribution in [1.82, 2.24) is 0 Å². The molecular formula is C16H21NO7. The van der Waals surface area contributed by atoms with Crippen LogP contribution in [0.4, 0.5) is 0 Å². The van der Waals surface area contributed by atoms with Gasteiger partial charge in [-0.2, -0.15) is 0 Å². The fourth-order valence-electron chi connectivity index (χ4n) is 2.34. The van der Waals surface area contributed by atoms with Gasteiger partial charge in [-0.15, -0.1) is 0 Å². The van der Waals surface area contributed by atoms with Crippen LogP contribution in [0.15, 0.2) is 23.8 Å². The van der Waals surface area contributed by atoms with E-state index in [4.69, 9.17) is 15.2 Å². The van der Waals surface area contributed by atoms with Gasteiger partial charge in [-0.05, 0) is 37.6 Å². The summed E-state index contributed by atoms with van der Waals surface area (Å²) < 4.78 is 10.6. The number of aliphatic hydroxyl groups is 3. The molecule has 8 nitrogen and oxygen atoms in total. The number of hydrogen-bond acceptors (Lipinski definition) is 7. The van der Waals surface area contributed by atoms with Crippen LogP contribution >= 0.6 is 0 Å². The number of amides is 1. The van der Waals surface area contributed by atoms with Crippen LogP contribution in [0.1, 0.15) is 19.4 Å². The number of rotatable bonds is 5. The third-order valence-electron chi connectivity index (χ3n) is 3.73. The predicted molar refractivity (Wildman–Crippen MR) is 83.9 cm³/mol. The SMILES string of the molecule is C/C(=C\c1ccc(O[C@@H]2O[C@H]([C@H](C)O)[C@@H](O)[C@@H]2O)c(O)c1)C(N)=O. The van der Waals surface area contributed by atoms with Gasteiger partial charge in [0.2, 0.25) is 12.2 Å². The first kappa shape index (κ1) is 18.2. The Bertz CT molecular complexity index is 643. The van der Waals surface area contributed by atoms with Crippen LogP contribution < -0.4 is 10.5 Å². The summed E-state index contributed by atoms with van der Waals surface area (Å²) >= 11 is 0. The van der Waals surface area contributed by atoms with Crippen molar-refractivity contribution in [2.45, 2.75) is 44.6 Å². The van der Waals surface area contributed by atoms with Crippen LogP contribution in [-0.2, 0) is 9.53 Å². The zero-order chi connectivity index (χ0) is 18.0. The van der Waals surface area contributed by atoms with E-state index in [1.807, 2.05) is 0 Å². The molecule has 5 atom stereocenters. The molecular weight excluding hydrogens is 318 g/mol. The fourth-order valence-corrected chi connectivity index (χ4v) is 2.34. The Labute approximate surface area is 138 Å². The van der Waals surface area contributed by atoms with E-state index in [0.29, 0.717) is 11.1 Å². The average Bonchev–Trinajstić information content (AvgIpc) is 2.78. The van der Waals surface area contributed by atoms with Gasteiger partial charge in [-0.3, -0.25) is 4.79 Å². The molecule has 1 aromatic rings. The van der Waals surface area contributed by atoms with E-state index >= 15 is 0 Å². The molecule has 0 bridgehead atoms. The molecule has 0 aromatic heterocycles. The molecule has 1 aliphatic heterocycles. The summed E-state index contributed by atoms with van der Waals surface area (Å²) in [4.78, 5) is 11.0. The van der Waals surface area contributed by atoms with Gasteiger partial charge < -0.3 is 35.6 Å². The van der Waals surface area contributed by atoms with Crippen LogP contribution in [0.3, 0.4) is 0 Å². The van der Waals surface area contributed by atoms with Crippen molar-refractivity contribution in [1.29, 1.82) is 0 Å². The number of carbonyl (C=O) groups excluding carboxylic acids is 1. The number of benzene rings is 1. The molecule has 132 valence electrons. The summed E-state index contributed by atoms with van der Waals surface area (Å²) in [5.74, 6) is -0.798. The minimum Gasteiger partial charge on any atom is -0.504 e. The topological polar surface area (TPSA) is 142 Å². The second-order valence-corrected chi connectivity index (χ2v) is 5.73. The molecule has 1 saturated heterocycles. The van der Waals surface area contributed by atoms with Crippen molar-refractivity contribution >= 4 is 12.0 Å². The fraction of sp³-hybridized carbons (Fsp3) is 0.438. The molecule has 0 saturated carbocycles. The van der Waals surface area contributed by atoms with Crippen molar-refractivity contribution in [3.05, 3.63) is 29.3 Å². The number of hydrogen-bond donors (Lipinski definition) is 5. The van der Waals surface area contributed by atoms with E-state index in [1.54, 1.807) is 13.0 Å². The van der Waals surface area contributed by atoms with Gasteiger partial charge in [0.1, 0.15) is 18.3 Å². The first-order chi connectivity index (χ1) is 11.2. The molecule has 6 N–H and O–H groups in total. The van der Waals surface area contributed by atoms with E-state index < -0.39 is 36.6 Å². The second-order valence-electron chi connectivity index (χ2n) is 5.73. The maximum Gasteiger partial charge on any atom is 0.244 e. The van der Waals surface area contributed by atoms with Gasteiger partial charge in [0.05, 0.1) is 6.10 Å². The molecule has 1 aromatic carbocycles. The summed E-state index contributed by atoms with van der Waals surface area (Å²) in [6.45, 7) is 2.97. The zero-order valence-electron chi connectivity index (χ0n) is 13.3. The number of ether oxygens (including phenoxy) is 2. The summed E-state index contributed by atoms with van der Waals surface area (Å²) in [5, 5.41) is 39.2. The number of primary amides is 1. The standard InChI is InChI=1S/C16H21NO7/c1-7(15(17)22)5-9-3-4-11(10(19)6-9)23-16-13(21)12(20)14(24-16)8(2)18/h3-6,8,12-14,16,18-21H,1-2H3,(H2,17,22)/b7-5+/t8-,12-,13-,14+,16+/m0/s1. The van der Waals surface area contributed by atoms with Crippen molar-refractivity contribution in [2.24, 2.45) is 5.73 Å². The highest BCUT2D eigenvalue weighted by Crippen LogP contribution is 2.32. The third kappa shape index (κ3) is 3.85. The number of phenolic OH excluding ortho intramolecular Hbond substituents is 1. The molecule has 0 aliphatic carbocycles. The molecule has 1 heterocycles. The zero-order valence-corrected chi connectivity index (χ0v) is 13.3. The van der Waals surface area contributed by atoms with Crippen molar-refractivity contribution < 1.29 is 34.7 Å². The lowest BCUT2D eigenvalue weighted by molar-refractivity contribution is -0.129. The maximum atomic E-state index is 11.0. The Morgan fingerprint density at radius 2 is 2.04 bits per heavy atom. The minimum absolute atomic E-state index is 0.0198. The van der Waals surface area contributed by atoms with E-state index in [2.05, 4.69) is 0 Å². The Morgan fingerprint density at radius 3 is 2.54 bits per heavy atom. The third-order valence-corrected chi connectivity index (χ3v) is 3.73. The van der Waals surface area contributed by atoms with Crippen molar-refractivity contribution in [2.75, 3.05) is 0 Å². The average molecular weight is 339 g/mol. The van der Waals surface area contributed by atoms with Gasteiger partial charge in [-0.25, -0.2) is 0 Å². The molecule has 8 heteroatoms. The van der Waals surface area contributed by atoms with Crippen LogP contribution in [0, 0.1) is 0 Å². The first-order valence-corrected chi connectivity index (χ1v) is 7.38. The summed E-state index contributed by atoms with van der Waals surface area (Å²) in [6, 6.07) is 4.35. The number of nitrogens with two attached hydrogens (primary N) is 1. The molecule has 24 heavy (non-hydrogen) atoms. The Morgan fingerprint density at radius 1 is 1.38 bits per heavy atom. The van der Waals surface area contributed by atoms with Crippen molar-refractivity contribution in [3.63, 3.8) is 0 Å². The number of phenols is 1. The lowest BCUT2D eigenvalue weighted by Gasteiger charge is -2.18. The summed E-state index contributed by atoms with van der Waals surface area (Å²) in [6.07, 6.45) is -4.41. The van der Waals surface area contributed by atoms with Gasteiger partial charge in [0.25, 0.3) is 0 Å². The minimum atomic E-state index is -1.37. The summed E-state index contributed by atoms with van der Waals surface area (Å²) in [5.41, 5.74) is 6.00.